The Morgan fingerprint density at radius 2 is 1.85 bits per heavy atom. The van der Waals surface area contributed by atoms with Crippen molar-refractivity contribution in [1.82, 2.24) is 10.3 Å². The van der Waals surface area contributed by atoms with Gasteiger partial charge in [0.15, 0.2) is 10.9 Å². The first-order chi connectivity index (χ1) is 15.8. The van der Waals surface area contributed by atoms with E-state index in [0.717, 1.165) is 10.2 Å². The summed E-state index contributed by atoms with van der Waals surface area (Å²) in [6.07, 6.45) is 0. The predicted octanol–water partition coefficient (Wildman–Crippen LogP) is 6.42. The number of anilines is 1. The lowest BCUT2D eigenvalue weighted by Gasteiger charge is -2.13. The van der Waals surface area contributed by atoms with E-state index < -0.39 is 5.91 Å². The molecule has 0 fully saturated rings. The SMILES string of the molecule is COc1c(Cl)cc(C(=O)NC(=S)Nc2cc(C)c(O)c(-c3nc4ccccc4s3)c2)cc1Cl. The molecule has 4 aromatic rings. The van der Waals surface area contributed by atoms with E-state index >= 15 is 0 Å². The van der Waals surface area contributed by atoms with E-state index in [9.17, 15) is 9.90 Å². The number of carbonyl (C=O) groups excluding carboxylic acids is 1. The van der Waals surface area contributed by atoms with Crippen LogP contribution in [0.15, 0.2) is 48.5 Å². The Labute approximate surface area is 209 Å². The van der Waals surface area contributed by atoms with E-state index in [-0.39, 0.29) is 32.2 Å². The number of fused-ring (bicyclic) bond motifs is 1. The number of carbonyl (C=O) groups is 1. The number of amides is 1. The molecule has 3 N–H and O–H groups in total. The molecule has 0 atom stereocenters. The maximum Gasteiger partial charge on any atom is 0.257 e. The van der Waals surface area contributed by atoms with Crippen LogP contribution < -0.4 is 15.4 Å². The normalized spacial score (nSPS) is 10.8. The number of phenols is 1. The fourth-order valence-electron chi connectivity index (χ4n) is 3.23. The lowest BCUT2D eigenvalue weighted by Crippen LogP contribution is -2.34. The number of aromatic hydroxyl groups is 1. The fourth-order valence-corrected chi connectivity index (χ4v) is 5.06. The average molecular weight is 518 g/mol. The van der Waals surface area contributed by atoms with Crippen molar-refractivity contribution in [1.29, 1.82) is 0 Å². The van der Waals surface area contributed by atoms with Gasteiger partial charge < -0.3 is 15.2 Å². The number of para-hydroxylation sites is 1. The summed E-state index contributed by atoms with van der Waals surface area (Å²) < 4.78 is 6.12. The highest BCUT2D eigenvalue weighted by Crippen LogP contribution is 2.39. The Balaban J connectivity index is 1.55. The van der Waals surface area contributed by atoms with Crippen LogP contribution in [0.1, 0.15) is 15.9 Å². The summed E-state index contributed by atoms with van der Waals surface area (Å²) in [5, 5.41) is 17.4. The standard InChI is InChI=1S/C23H17Cl2N3O3S2/c1-11-7-13(10-14(19(11)29)22-27-17-5-3-4-6-18(17)33-22)26-23(32)28-21(30)12-8-15(24)20(31-2)16(25)9-12/h3-10,29H,1-2H3,(H2,26,28,30,32). The number of halogens is 2. The van der Waals surface area contributed by atoms with E-state index in [1.165, 1.54) is 30.6 Å². The number of aromatic nitrogens is 1. The van der Waals surface area contributed by atoms with Gasteiger partial charge in [0, 0.05) is 11.3 Å². The minimum Gasteiger partial charge on any atom is -0.507 e. The second-order valence-electron chi connectivity index (χ2n) is 7.06. The Bertz CT molecular complexity index is 1350. The number of thiazole rings is 1. The minimum atomic E-state index is -0.485. The first-order valence-corrected chi connectivity index (χ1v) is 11.6. The van der Waals surface area contributed by atoms with Crippen LogP contribution in [0.25, 0.3) is 20.8 Å². The third kappa shape index (κ3) is 4.89. The largest absolute Gasteiger partial charge is 0.507 e. The quantitative estimate of drug-likeness (QED) is 0.214. The Morgan fingerprint density at radius 3 is 2.52 bits per heavy atom. The number of benzene rings is 3. The van der Waals surface area contributed by atoms with Crippen LogP contribution in [0.2, 0.25) is 10.0 Å². The molecule has 0 bridgehead atoms. The number of ether oxygens (including phenoxy) is 1. The molecule has 10 heteroatoms. The first-order valence-electron chi connectivity index (χ1n) is 9.61. The van der Waals surface area contributed by atoms with Crippen LogP contribution in [-0.4, -0.2) is 28.2 Å². The molecule has 4 rings (SSSR count). The number of nitrogens with one attached hydrogen (secondary N) is 2. The Hall–Kier alpha value is -2.91. The number of rotatable bonds is 4. The highest BCUT2D eigenvalue weighted by Gasteiger charge is 2.17. The van der Waals surface area contributed by atoms with Gasteiger partial charge in [0.05, 0.1) is 32.9 Å². The monoisotopic (exact) mass is 517 g/mol. The van der Waals surface area contributed by atoms with E-state index in [1.54, 1.807) is 19.1 Å². The molecule has 0 aliphatic carbocycles. The number of phenolic OH excluding ortho intramolecular Hbond substituents is 1. The zero-order valence-electron chi connectivity index (χ0n) is 17.4. The molecule has 3 aromatic carbocycles. The van der Waals surface area contributed by atoms with Crippen LogP contribution >= 0.6 is 46.8 Å². The van der Waals surface area contributed by atoms with Gasteiger partial charge in [-0.3, -0.25) is 10.1 Å². The molecule has 0 radical (unpaired) electrons. The minimum absolute atomic E-state index is 0.0726. The van der Waals surface area contributed by atoms with Crippen LogP contribution in [0, 0.1) is 6.92 Å². The maximum absolute atomic E-state index is 12.6. The number of aryl methyl sites for hydroxylation is 1. The molecule has 1 aromatic heterocycles. The molecule has 0 spiro atoms. The molecule has 0 unspecified atom stereocenters. The van der Waals surface area contributed by atoms with Crippen LogP contribution in [0.3, 0.4) is 0 Å². The van der Waals surface area contributed by atoms with Gasteiger partial charge in [0.1, 0.15) is 10.8 Å². The topological polar surface area (TPSA) is 83.5 Å². The molecule has 33 heavy (non-hydrogen) atoms. The Morgan fingerprint density at radius 1 is 1.15 bits per heavy atom. The van der Waals surface area contributed by atoms with E-state index in [4.69, 9.17) is 40.2 Å². The molecule has 168 valence electrons. The highest BCUT2D eigenvalue weighted by atomic mass is 35.5. The summed E-state index contributed by atoms with van der Waals surface area (Å²) in [6.45, 7) is 1.78. The van der Waals surface area contributed by atoms with Crippen molar-refractivity contribution in [2.45, 2.75) is 6.92 Å². The van der Waals surface area contributed by atoms with E-state index in [1.807, 2.05) is 24.3 Å². The van der Waals surface area contributed by atoms with Crippen molar-refractivity contribution in [3.05, 3.63) is 69.7 Å². The summed E-state index contributed by atoms with van der Waals surface area (Å²) >= 11 is 19.0. The molecule has 0 aliphatic heterocycles. The molecule has 0 aliphatic rings. The summed E-state index contributed by atoms with van der Waals surface area (Å²) in [7, 11) is 1.44. The van der Waals surface area contributed by atoms with E-state index in [0.29, 0.717) is 21.8 Å². The van der Waals surface area contributed by atoms with Crippen LogP contribution in [-0.2, 0) is 0 Å². The third-order valence-corrected chi connectivity index (χ3v) is 6.61. The predicted molar refractivity (Wildman–Crippen MR) is 138 cm³/mol. The zero-order chi connectivity index (χ0) is 23.7. The van der Waals surface area contributed by atoms with Crippen LogP contribution in [0.5, 0.6) is 11.5 Å². The lowest BCUT2D eigenvalue weighted by molar-refractivity contribution is 0.0977. The van der Waals surface area contributed by atoms with E-state index in [2.05, 4.69) is 15.6 Å². The van der Waals surface area contributed by atoms with Gasteiger partial charge >= 0.3 is 0 Å². The number of nitrogens with zero attached hydrogens (tertiary/aromatic N) is 1. The molecular weight excluding hydrogens is 501 g/mol. The summed E-state index contributed by atoms with van der Waals surface area (Å²) in [6, 6.07) is 14.1. The van der Waals surface area contributed by atoms with Crippen molar-refractivity contribution in [3.63, 3.8) is 0 Å². The molecule has 0 saturated heterocycles. The zero-order valence-corrected chi connectivity index (χ0v) is 20.5. The number of thiocarbonyl (C=S) groups is 1. The van der Waals surface area contributed by atoms with Crippen molar-refractivity contribution in [3.8, 4) is 22.1 Å². The second-order valence-corrected chi connectivity index (χ2v) is 9.31. The van der Waals surface area contributed by atoms with Crippen LogP contribution in [0.4, 0.5) is 5.69 Å². The van der Waals surface area contributed by atoms with Crippen molar-refractivity contribution in [2.24, 2.45) is 0 Å². The van der Waals surface area contributed by atoms with Gasteiger partial charge in [-0.15, -0.1) is 11.3 Å². The van der Waals surface area contributed by atoms with Crippen molar-refractivity contribution >= 4 is 73.7 Å². The highest BCUT2D eigenvalue weighted by molar-refractivity contribution is 7.80. The molecular formula is C23H17Cl2N3O3S2. The van der Waals surface area contributed by atoms with Gasteiger partial charge in [-0.25, -0.2) is 4.98 Å². The summed E-state index contributed by atoms with van der Waals surface area (Å²) in [5.41, 5.74) is 2.88. The maximum atomic E-state index is 12.6. The summed E-state index contributed by atoms with van der Waals surface area (Å²) in [5.74, 6) is -0.0598. The molecule has 0 saturated carbocycles. The Kier molecular flexibility index (Phi) is 6.71. The fraction of sp³-hybridized carbons (Fsp3) is 0.0870. The average Bonchev–Trinajstić information content (AvgIpc) is 3.19. The van der Waals surface area contributed by atoms with Gasteiger partial charge in [0.25, 0.3) is 5.91 Å². The first kappa shape index (κ1) is 23.3. The van der Waals surface area contributed by atoms with Crippen molar-refractivity contribution in [2.75, 3.05) is 12.4 Å². The molecule has 6 nitrogen and oxygen atoms in total. The summed E-state index contributed by atoms with van der Waals surface area (Å²) in [4.78, 5) is 17.2. The number of hydrogen-bond acceptors (Lipinski definition) is 6. The van der Waals surface area contributed by atoms with Crippen molar-refractivity contribution < 1.29 is 14.6 Å². The number of methoxy groups -OCH3 is 1. The van der Waals surface area contributed by atoms with Gasteiger partial charge in [-0.1, -0.05) is 35.3 Å². The molecule has 1 amide bonds. The van der Waals surface area contributed by atoms with Gasteiger partial charge in [0.2, 0.25) is 0 Å². The lowest BCUT2D eigenvalue weighted by atomic mass is 10.1. The van der Waals surface area contributed by atoms with Gasteiger partial charge in [-0.2, -0.15) is 0 Å². The van der Waals surface area contributed by atoms with Gasteiger partial charge in [-0.05, 0) is 61.1 Å². The smallest absolute Gasteiger partial charge is 0.257 e. The molecule has 1 heterocycles. The third-order valence-electron chi connectivity index (χ3n) is 4.77. The second kappa shape index (κ2) is 9.52. The number of hydrogen-bond donors (Lipinski definition) is 3.